The maximum absolute atomic E-state index is 12.4. The number of phosphoric ester groups is 1. The maximum atomic E-state index is 12.4. The van der Waals surface area contributed by atoms with Gasteiger partial charge in [-0.05, 0) is 49.4 Å². The molecule has 0 aromatic heterocycles. The minimum Gasteiger partial charge on any atom is -0.462 e. The molecule has 10 heteroatoms. The van der Waals surface area contributed by atoms with Crippen molar-refractivity contribution < 1.29 is 37.6 Å². The third-order valence-electron chi connectivity index (χ3n) is 5.71. The molecule has 0 amide bonds. The first-order valence-electron chi connectivity index (χ1n) is 14.4. The summed E-state index contributed by atoms with van der Waals surface area (Å²) in [6.07, 6.45) is 22.3. The van der Waals surface area contributed by atoms with E-state index in [-0.39, 0.29) is 32.6 Å². The number of terminal acetylenes is 2. The molecule has 9 nitrogen and oxygen atoms in total. The predicted octanol–water partition coefficient (Wildman–Crippen LogP) is 5.05. The van der Waals surface area contributed by atoms with Crippen LogP contribution in [0, 0.1) is 48.4 Å². The number of hydrogen-bond donors (Lipinski definition) is 2. The molecule has 0 aromatic carbocycles. The van der Waals surface area contributed by atoms with Crippen molar-refractivity contribution in [1.29, 1.82) is 0 Å². The number of unbranched alkanes of at least 4 members (excludes halogenated alkanes) is 12. The summed E-state index contributed by atoms with van der Waals surface area (Å²) in [5.74, 6) is 14.6. The van der Waals surface area contributed by atoms with Crippen LogP contribution in [0.15, 0.2) is 0 Å². The Kier molecular flexibility index (Phi) is 25.6. The highest BCUT2D eigenvalue weighted by molar-refractivity contribution is 7.47. The molecule has 3 N–H and O–H groups in total. The minimum atomic E-state index is -4.39. The van der Waals surface area contributed by atoms with Crippen LogP contribution in [0.3, 0.4) is 0 Å². The molecule has 228 valence electrons. The highest BCUT2D eigenvalue weighted by Crippen LogP contribution is 2.43. The SMILES string of the molecule is C#CC#CCCCCCCCCC(=O)OC[C@H](COP(=O)(O)OCCN)OC(=O)CCCCCCCCC#CC#C. The molecule has 0 saturated heterocycles. The van der Waals surface area contributed by atoms with Gasteiger partial charge < -0.3 is 20.1 Å². The smallest absolute Gasteiger partial charge is 0.462 e. The Morgan fingerprint density at radius 1 is 0.732 bits per heavy atom. The van der Waals surface area contributed by atoms with Crippen LogP contribution < -0.4 is 5.73 Å². The van der Waals surface area contributed by atoms with Crippen molar-refractivity contribution in [3.63, 3.8) is 0 Å². The zero-order valence-corrected chi connectivity index (χ0v) is 25.1. The molecule has 0 bridgehead atoms. The first-order valence-corrected chi connectivity index (χ1v) is 15.9. The fourth-order valence-electron chi connectivity index (χ4n) is 3.61. The van der Waals surface area contributed by atoms with Gasteiger partial charge in [-0.25, -0.2) is 4.57 Å². The summed E-state index contributed by atoms with van der Waals surface area (Å²) in [4.78, 5) is 34.3. The van der Waals surface area contributed by atoms with Crippen molar-refractivity contribution in [1.82, 2.24) is 0 Å². The van der Waals surface area contributed by atoms with Gasteiger partial charge in [0.1, 0.15) is 6.61 Å². The van der Waals surface area contributed by atoms with Crippen LogP contribution in [-0.2, 0) is 32.7 Å². The Hall–Kier alpha value is -2.75. The molecule has 0 saturated carbocycles. The van der Waals surface area contributed by atoms with Crippen molar-refractivity contribution in [2.45, 2.75) is 109 Å². The van der Waals surface area contributed by atoms with Gasteiger partial charge in [0.2, 0.25) is 0 Å². The van der Waals surface area contributed by atoms with Gasteiger partial charge in [-0.2, -0.15) is 0 Å². The highest BCUT2D eigenvalue weighted by Gasteiger charge is 2.25. The van der Waals surface area contributed by atoms with E-state index in [2.05, 4.69) is 35.5 Å². The van der Waals surface area contributed by atoms with Gasteiger partial charge in [0.05, 0.1) is 13.2 Å². The molecule has 0 fully saturated rings. The second-order valence-electron chi connectivity index (χ2n) is 9.32. The van der Waals surface area contributed by atoms with Crippen LogP contribution in [-0.4, -0.2) is 49.3 Å². The summed E-state index contributed by atoms with van der Waals surface area (Å²) in [7, 11) is -4.39. The second kappa shape index (κ2) is 27.4. The summed E-state index contributed by atoms with van der Waals surface area (Å²) >= 11 is 0. The maximum Gasteiger partial charge on any atom is 0.472 e. The Labute approximate surface area is 246 Å². The fourth-order valence-corrected chi connectivity index (χ4v) is 4.37. The summed E-state index contributed by atoms with van der Waals surface area (Å²) in [6, 6.07) is 0. The van der Waals surface area contributed by atoms with Gasteiger partial charge in [0.15, 0.2) is 6.10 Å². The van der Waals surface area contributed by atoms with E-state index in [4.69, 9.17) is 37.1 Å². The third kappa shape index (κ3) is 27.2. The zero-order chi connectivity index (χ0) is 30.4. The average Bonchev–Trinajstić information content (AvgIpc) is 2.95. The van der Waals surface area contributed by atoms with E-state index in [0.717, 1.165) is 77.0 Å². The lowest BCUT2D eigenvalue weighted by atomic mass is 10.1. The quantitative estimate of drug-likeness (QED) is 0.0647. The molecule has 41 heavy (non-hydrogen) atoms. The monoisotopic (exact) mass is 591 g/mol. The van der Waals surface area contributed by atoms with E-state index in [1.54, 1.807) is 0 Å². The van der Waals surface area contributed by atoms with Crippen molar-refractivity contribution in [2.75, 3.05) is 26.4 Å². The molecule has 0 spiro atoms. The number of hydrogen-bond acceptors (Lipinski definition) is 8. The van der Waals surface area contributed by atoms with Crippen LogP contribution in [0.4, 0.5) is 0 Å². The largest absolute Gasteiger partial charge is 0.472 e. The number of rotatable bonds is 25. The van der Waals surface area contributed by atoms with Gasteiger partial charge in [-0.15, -0.1) is 12.8 Å². The minimum absolute atomic E-state index is 0.0327. The van der Waals surface area contributed by atoms with E-state index >= 15 is 0 Å². The number of nitrogens with two attached hydrogens (primary N) is 1. The summed E-state index contributed by atoms with van der Waals surface area (Å²) in [6.45, 7) is -0.898. The Bertz CT molecular complexity index is 977. The van der Waals surface area contributed by atoms with E-state index in [1.807, 2.05) is 0 Å². The summed E-state index contributed by atoms with van der Waals surface area (Å²) in [5.41, 5.74) is 5.28. The van der Waals surface area contributed by atoms with Crippen molar-refractivity contribution in [2.24, 2.45) is 5.73 Å². The molecule has 0 rings (SSSR count). The molecular weight excluding hydrogens is 545 g/mol. The average molecular weight is 592 g/mol. The fraction of sp³-hybridized carbons (Fsp3) is 0.677. The van der Waals surface area contributed by atoms with Crippen molar-refractivity contribution >= 4 is 19.8 Å². The number of ether oxygens (including phenoxy) is 2. The van der Waals surface area contributed by atoms with E-state index in [0.29, 0.717) is 12.8 Å². The predicted molar refractivity (Wildman–Crippen MR) is 159 cm³/mol. The van der Waals surface area contributed by atoms with Gasteiger partial charge >= 0.3 is 19.8 Å². The van der Waals surface area contributed by atoms with Crippen LogP contribution in [0.2, 0.25) is 0 Å². The Balaban J connectivity index is 4.37. The van der Waals surface area contributed by atoms with Crippen LogP contribution >= 0.6 is 7.82 Å². The molecular formula is C31H46NO8P. The first-order chi connectivity index (χ1) is 19.8. The molecule has 1 unspecified atom stereocenters. The Morgan fingerprint density at radius 2 is 1.22 bits per heavy atom. The molecule has 2 atom stereocenters. The molecule has 0 heterocycles. The number of esters is 2. The first kappa shape index (κ1) is 38.2. The molecule has 0 aromatic rings. The van der Waals surface area contributed by atoms with Crippen molar-refractivity contribution in [3.8, 4) is 48.4 Å². The molecule has 0 aliphatic carbocycles. The number of carbonyl (C=O) groups is 2. The lowest BCUT2D eigenvalue weighted by Gasteiger charge is -2.19. The molecule has 0 radical (unpaired) electrons. The summed E-state index contributed by atoms with van der Waals surface area (Å²) < 4.78 is 32.2. The highest BCUT2D eigenvalue weighted by atomic mass is 31.2. The van der Waals surface area contributed by atoms with Crippen LogP contribution in [0.5, 0.6) is 0 Å². The van der Waals surface area contributed by atoms with Crippen LogP contribution in [0.1, 0.15) is 103 Å². The third-order valence-corrected chi connectivity index (χ3v) is 6.69. The summed E-state index contributed by atoms with van der Waals surface area (Å²) in [5, 5.41) is 0. The molecule has 0 aliphatic rings. The van der Waals surface area contributed by atoms with Gasteiger partial charge in [0, 0.05) is 32.2 Å². The lowest BCUT2D eigenvalue weighted by Crippen LogP contribution is -2.29. The van der Waals surface area contributed by atoms with E-state index < -0.39 is 32.5 Å². The van der Waals surface area contributed by atoms with Crippen LogP contribution in [0.25, 0.3) is 0 Å². The second-order valence-corrected chi connectivity index (χ2v) is 10.8. The lowest BCUT2D eigenvalue weighted by molar-refractivity contribution is -0.161. The van der Waals surface area contributed by atoms with Gasteiger partial charge in [-0.3, -0.25) is 18.6 Å². The topological polar surface area (TPSA) is 134 Å². The molecule has 0 aliphatic heterocycles. The van der Waals surface area contributed by atoms with E-state index in [9.17, 15) is 19.0 Å². The Morgan fingerprint density at radius 3 is 1.73 bits per heavy atom. The number of phosphoric acid groups is 1. The van der Waals surface area contributed by atoms with Gasteiger partial charge in [-0.1, -0.05) is 63.2 Å². The standard InChI is InChI=1S/C31H46NO8P/c1-3-5-7-9-11-13-15-17-19-21-23-30(33)37-27-29(28-39-41(35,36)38-26-25-32)40-31(34)24-22-20-18-16-14-12-10-8-6-4-2/h1-2,29H,9-28,32H2,(H,35,36)/t29-/m1/s1. The number of carbonyl (C=O) groups excluding carboxylic acids is 2. The normalized spacial score (nSPS) is 12.3. The van der Waals surface area contributed by atoms with Crippen molar-refractivity contribution in [3.05, 3.63) is 0 Å². The van der Waals surface area contributed by atoms with Gasteiger partial charge in [0.25, 0.3) is 0 Å². The zero-order valence-electron chi connectivity index (χ0n) is 24.2. The van der Waals surface area contributed by atoms with E-state index in [1.165, 1.54) is 0 Å².